The zero-order valence-electron chi connectivity index (χ0n) is 12.4. The molecule has 0 aliphatic heterocycles. The Morgan fingerprint density at radius 3 is 2.55 bits per heavy atom. The SMILES string of the molecule is CC(C)Oc1ccccc1/C=N\NC(=O)c1ccc(Br)cc1. The lowest BCUT2D eigenvalue weighted by Gasteiger charge is -2.11. The summed E-state index contributed by atoms with van der Waals surface area (Å²) in [5.74, 6) is 0.477. The van der Waals surface area contributed by atoms with E-state index < -0.39 is 0 Å². The molecular formula is C17H17BrN2O2. The van der Waals surface area contributed by atoms with Crippen LogP contribution in [-0.4, -0.2) is 18.2 Å². The van der Waals surface area contributed by atoms with Crippen molar-refractivity contribution in [2.45, 2.75) is 20.0 Å². The van der Waals surface area contributed by atoms with Gasteiger partial charge in [0, 0.05) is 15.6 Å². The van der Waals surface area contributed by atoms with E-state index >= 15 is 0 Å². The van der Waals surface area contributed by atoms with E-state index in [1.54, 1.807) is 18.3 Å². The molecular weight excluding hydrogens is 344 g/mol. The van der Waals surface area contributed by atoms with Crippen LogP contribution in [0.5, 0.6) is 5.75 Å². The number of halogens is 1. The molecule has 0 atom stereocenters. The average Bonchev–Trinajstić information content (AvgIpc) is 2.49. The predicted molar refractivity (Wildman–Crippen MR) is 91.4 cm³/mol. The largest absolute Gasteiger partial charge is 0.490 e. The highest BCUT2D eigenvalue weighted by molar-refractivity contribution is 9.10. The van der Waals surface area contributed by atoms with Crippen molar-refractivity contribution in [2.75, 3.05) is 0 Å². The van der Waals surface area contributed by atoms with E-state index in [9.17, 15) is 4.79 Å². The van der Waals surface area contributed by atoms with Crippen molar-refractivity contribution < 1.29 is 9.53 Å². The minimum atomic E-state index is -0.258. The highest BCUT2D eigenvalue weighted by Gasteiger charge is 2.05. The number of nitrogens with zero attached hydrogens (tertiary/aromatic N) is 1. The average molecular weight is 361 g/mol. The molecule has 0 aliphatic rings. The first-order valence-corrected chi connectivity index (χ1v) is 7.70. The second-order valence-corrected chi connectivity index (χ2v) is 5.83. The van der Waals surface area contributed by atoms with Gasteiger partial charge < -0.3 is 4.74 Å². The lowest BCUT2D eigenvalue weighted by molar-refractivity contribution is 0.0955. The molecule has 0 unspecified atom stereocenters. The Hall–Kier alpha value is -2.14. The van der Waals surface area contributed by atoms with Gasteiger partial charge >= 0.3 is 0 Å². The molecule has 2 aromatic rings. The molecule has 2 aromatic carbocycles. The Balaban J connectivity index is 2.03. The molecule has 5 heteroatoms. The summed E-state index contributed by atoms with van der Waals surface area (Å²) in [4.78, 5) is 11.9. The molecule has 0 saturated carbocycles. The Morgan fingerprint density at radius 1 is 1.18 bits per heavy atom. The van der Waals surface area contributed by atoms with Crippen LogP contribution in [0.3, 0.4) is 0 Å². The van der Waals surface area contributed by atoms with E-state index in [1.807, 2.05) is 50.2 Å². The number of benzene rings is 2. The van der Waals surface area contributed by atoms with Crippen LogP contribution in [0.1, 0.15) is 29.8 Å². The Bertz CT molecular complexity index is 667. The number of carbonyl (C=O) groups is 1. The zero-order chi connectivity index (χ0) is 15.9. The standard InChI is InChI=1S/C17H17BrN2O2/c1-12(2)22-16-6-4-3-5-14(16)11-19-20-17(21)13-7-9-15(18)10-8-13/h3-12H,1-2H3,(H,20,21)/b19-11-. The van der Waals surface area contributed by atoms with Crippen LogP contribution in [0.4, 0.5) is 0 Å². The van der Waals surface area contributed by atoms with E-state index in [2.05, 4.69) is 26.5 Å². The van der Waals surface area contributed by atoms with Crippen molar-refractivity contribution in [3.63, 3.8) is 0 Å². The van der Waals surface area contributed by atoms with Crippen molar-refractivity contribution in [3.8, 4) is 5.75 Å². The summed E-state index contributed by atoms with van der Waals surface area (Å²) in [6, 6.07) is 14.6. The van der Waals surface area contributed by atoms with Gasteiger partial charge in [0.2, 0.25) is 0 Å². The second-order valence-electron chi connectivity index (χ2n) is 4.91. The number of ether oxygens (including phenoxy) is 1. The fraction of sp³-hybridized carbons (Fsp3) is 0.176. The summed E-state index contributed by atoms with van der Waals surface area (Å²) < 4.78 is 6.61. The number of rotatable bonds is 5. The lowest BCUT2D eigenvalue weighted by atomic mass is 10.2. The first kappa shape index (κ1) is 16.2. The molecule has 114 valence electrons. The summed E-state index contributed by atoms with van der Waals surface area (Å²) in [6.07, 6.45) is 1.65. The Kier molecular flexibility index (Phi) is 5.72. The van der Waals surface area contributed by atoms with Crippen LogP contribution in [0, 0.1) is 0 Å². The minimum absolute atomic E-state index is 0.0758. The predicted octanol–water partition coefficient (Wildman–Crippen LogP) is 4.00. The monoisotopic (exact) mass is 360 g/mol. The maximum Gasteiger partial charge on any atom is 0.271 e. The molecule has 0 aliphatic carbocycles. The molecule has 1 N–H and O–H groups in total. The maximum atomic E-state index is 11.9. The summed E-state index contributed by atoms with van der Waals surface area (Å²) in [7, 11) is 0. The van der Waals surface area contributed by atoms with Crippen molar-refractivity contribution in [2.24, 2.45) is 5.10 Å². The third kappa shape index (κ3) is 4.70. The van der Waals surface area contributed by atoms with E-state index in [1.165, 1.54) is 0 Å². The smallest absolute Gasteiger partial charge is 0.271 e. The molecule has 0 saturated heterocycles. The third-order valence-corrected chi connectivity index (χ3v) is 3.29. The molecule has 0 radical (unpaired) electrons. The minimum Gasteiger partial charge on any atom is -0.490 e. The summed E-state index contributed by atoms with van der Waals surface area (Å²) >= 11 is 3.33. The van der Waals surface area contributed by atoms with Crippen LogP contribution in [0.2, 0.25) is 0 Å². The van der Waals surface area contributed by atoms with Gasteiger partial charge in [0.15, 0.2) is 0 Å². The number of nitrogens with one attached hydrogen (secondary N) is 1. The molecule has 0 fully saturated rings. The van der Waals surface area contributed by atoms with Crippen LogP contribution in [0.25, 0.3) is 0 Å². The van der Waals surface area contributed by atoms with Gasteiger partial charge in [0.05, 0.1) is 12.3 Å². The first-order valence-electron chi connectivity index (χ1n) is 6.91. The molecule has 0 spiro atoms. The van der Waals surface area contributed by atoms with Crippen molar-refractivity contribution in [1.29, 1.82) is 0 Å². The number of para-hydroxylation sites is 1. The molecule has 0 bridgehead atoms. The lowest BCUT2D eigenvalue weighted by Crippen LogP contribution is -2.17. The number of hydrogen-bond donors (Lipinski definition) is 1. The summed E-state index contributed by atoms with van der Waals surface area (Å²) in [5.41, 5.74) is 3.87. The van der Waals surface area contributed by atoms with Crippen LogP contribution in [0.15, 0.2) is 58.1 Å². The molecule has 0 aromatic heterocycles. The fourth-order valence-corrected chi connectivity index (χ4v) is 2.04. The highest BCUT2D eigenvalue weighted by Crippen LogP contribution is 2.17. The Morgan fingerprint density at radius 2 is 1.86 bits per heavy atom. The fourth-order valence-electron chi connectivity index (χ4n) is 1.77. The van der Waals surface area contributed by atoms with Crippen LogP contribution < -0.4 is 10.2 Å². The van der Waals surface area contributed by atoms with Gasteiger partial charge in [-0.25, -0.2) is 5.43 Å². The van der Waals surface area contributed by atoms with Gasteiger partial charge in [-0.1, -0.05) is 28.1 Å². The molecule has 2 rings (SSSR count). The van der Waals surface area contributed by atoms with E-state index in [0.717, 1.165) is 15.8 Å². The van der Waals surface area contributed by atoms with Gasteiger partial charge in [-0.2, -0.15) is 5.10 Å². The van der Waals surface area contributed by atoms with E-state index in [4.69, 9.17) is 4.74 Å². The van der Waals surface area contributed by atoms with Crippen molar-refractivity contribution >= 4 is 28.1 Å². The van der Waals surface area contributed by atoms with Gasteiger partial charge in [-0.15, -0.1) is 0 Å². The first-order chi connectivity index (χ1) is 10.6. The summed E-state index contributed by atoms with van der Waals surface area (Å²) in [6.45, 7) is 3.92. The van der Waals surface area contributed by atoms with Gasteiger partial charge in [0.25, 0.3) is 5.91 Å². The third-order valence-electron chi connectivity index (χ3n) is 2.76. The van der Waals surface area contributed by atoms with E-state index in [-0.39, 0.29) is 12.0 Å². The maximum absolute atomic E-state index is 11.9. The zero-order valence-corrected chi connectivity index (χ0v) is 14.0. The molecule has 22 heavy (non-hydrogen) atoms. The number of amides is 1. The topological polar surface area (TPSA) is 50.7 Å². The van der Waals surface area contributed by atoms with Gasteiger partial charge in [-0.3, -0.25) is 4.79 Å². The molecule has 4 nitrogen and oxygen atoms in total. The van der Waals surface area contributed by atoms with Crippen molar-refractivity contribution in [1.82, 2.24) is 5.43 Å². The highest BCUT2D eigenvalue weighted by atomic mass is 79.9. The number of carbonyl (C=O) groups excluding carboxylic acids is 1. The Labute approximate surface area is 138 Å². The summed E-state index contributed by atoms with van der Waals surface area (Å²) in [5, 5.41) is 3.99. The van der Waals surface area contributed by atoms with Gasteiger partial charge in [0.1, 0.15) is 5.75 Å². The second kappa shape index (κ2) is 7.75. The number of hydrogen-bond acceptors (Lipinski definition) is 3. The molecule has 1 amide bonds. The van der Waals surface area contributed by atoms with Crippen LogP contribution in [-0.2, 0) is 0 Å². The van der Waals surface area contributed by atoms with Gasteiger partial charge in [-0.05, 0) is 50.2 Å². The van der Waals surface area contributed by atoms with Crippen molar-refractivity contribution in [3.05, 3.63) is 64.1 Å². The quantitative estimate of drug-likeness (QED) is 0.647. The normalized spacial score (nSPS) is 10.9. The van der Waals surface area contributed by atoms with Crippen LogP contribution >= 0.6 is 15.9 Å². The molecule has 0 heterocycles. The number of hydrazone groups is 1. The van der Waals surface area contributed by atoms with E-state index in [0.29, 0.717) is 5.56 Å².